The van der Waals surface area contributed by atoms with Crippen LogP contribution in [0.25, 0.3) is 0 Å². The molecule has 2 unspecified atom stereocenters. The lowest BCUT2D eigenvalue weighted by Crippen LogP contribution is -2.26. The summed E-state index contributed by atoms with van der Waals surface area (Å²) in [5.74, 6) is 1.21. The number of allylic oxidation sites excluding steroid dienone is 1. The summed E-state index contributed by atoms with van der Waals surface area (Å²) in [7, 11) is 0. The van der Waals surface area contributed by atoms with Crippen LogP contribution in [0.3, 0.4) is 0 Å². The van der Waals surface area contributed by atoms with Crippen LogP contribution in [0.4, 0.5) is 0 Å². The molecule has 4 heteroatoms. The summed E-state index contributed by atoms with van der Waals surface area (Å²) in [5, 5.41) is 1.77. The van der Waals surface area contributed by atoms with E-state index in [1.54, 1.807) is 12.3 Å². The van der Waals surface area contributed by atoms with Crippen molar-refractivity contribution in [1.82, 2.24) is 0 Å². The fraction of sp³-hybridized carbons (Fsp3) is 0.500. The van der Waals surface area contributed by atoms with Crippen LogP contribution in [0.15, 0.2) is 35.7 Å². The van der Waals surface area contributed by atoms with Crippen molar-refractivity contribution in [2.45, 2.75) is 40.2 Å². The zero-order chi connectivity index (χ0) is 16.5. The van der Waals surface area contributed by atoms with Gasteiger partial charge in [-0.3, -0.25) is 4.79 Å². The van der Waals surface area contributed by atoms with Gasteiger partial charge in [0.1, 0.15) is 5.75 Å². The third kappa shape index (κ3) is 5.76. The molecule has 0 heterocycles. The summed E-state index contributed by atoms with van der Waals surface area (Å²) in [5.41, 5.74) is 0.859. The number of carbonyl (C=O) groups excluding carboxylic acids is 1. The predicted molar refractivity (Wildman–Crippen MR) is 93.3 cm³/mol. The van der Waals surface area contributed by atoms with Gasteiger partial charge in [-0.2, -0.15) is 12.6 Å². The first kappa shape index (κ1) is 18.6. The first-order valence-corrected chi connectivity index (χ1v) is 8.22. The standard InChI is InChI=1S/C18H26O3S/c1-5-20-18(19)12-16-8-6-7-9-17(16)21-15(4)14(3)13(2)10-11-22/h6-11,13-15,22H,5,12H2,1-4H3/b11-10-/t13?,14-,15?/m1/s1. The maximum Gasteiger partial charge on any atom is 0.310 e. The van der Waals surface area contributed by atoms with Crippen molar-refractivity contribution < 1.29 is 14.3 Å². The van der Waals surface area contributed by atoms with Crippen LogP contribution in [-0.4, -0.2) is 18.7 Å². The second kappa shape index (κ2) is 9.57. The minimum Gasteiger partial charge on any atom is -0.490 e. The lowest BCUT2D eigenvalue weighted by atomic mass is 9.91. The van der Waals surface area contributed by atoms with Crippen LogP contribution in [-0.2, 0) is 16.0 Å². The van der Waals surface area contributed by atoms with E-state index in [1.165, 1.54) is 0 Å². The molecular formula is C18H26O3S. The number of para-hydroxylation sites is 1. The van der Waals surface area contributed by atoms with E-state index < -0.39 is 0 Å². The number of carbonyl (C=O) groups is 1. The van der Waals surface area contributed by atoms with Crippen molar-refractivity contribution in [3.63, 3.8) is 0 Å². The summed E-state index contributed by atoms with van der Waals surface area (Å²) in [6.45, 7) is 8.54. The molecule has 122 valence electrons. The van der Waals surface area contributed by atoms with Crippen molar-refractivity contribution in [3.05, 3.63) is 41.3 Å². The van der Waals surface area contributed by atoms with Gasteiger partial charge < -0.3 is 9.47 Å². The molecular weight excluding hydrogens is 296 g/mol. The molecule has 0 spiro atoms. The monoisotopic (exact) mass is 322 g/mol. The molecule has 1 rings (SSSR count). The highest BCUT2D eigenvalue weighted by Gasteiger charge is 2.20. The Morgan fingerprint density at radius 1 is 1.27 bits per heavy atom. The molecule has 0 N–H and O–H groups in total. The molecule has 0 aliphatic rings. The summed E-state index contributed by atoms with van der Waals surface area (Å²) < 4.78 is 11.1. The van der Waals surface area contributed by atoms with Crippen molar-refractivity contribution in [1.29, 1.82) is 0 Å². The van der Waals surface area contributed by atoms with Gasteiger partial charge >= 0.3 is 5.97 Å². The Labute approximate surface area is 139 Å². The van der Waals surface area contributed by atoms with E-state index in [4.69, 9.17) is 9.47 Å². The highest BCUT2D eigenvalue weighted by Crippen LogP contribution is 2.25. The summed E-state index contributed by atoms with van der Waals surface area (Å²) in [6.07, 6.45) is 2.32. The number of benzene rings is 1. The third-order valence-corrected chi connectivity index (χ3v) is 4.06. The molecule has 1 aromatic rings. The SMILES string of the molecule is CCOC(=O)Cc1ccccc1OC(C)[C@H](C)C(C)/C=C\S. The van der Waals surface area contributed by atoms with Gasteiger partial charge in [-0.05, 0) is 37.2 Å². The molecule has 22 heavy (non-hydrogen) atoms. The van der Waals surface area contributed by atoms with Crippen molar-refractivity contribution in [2.24, 2.45) is 11.8 Å². The van der Waals surface area contributed by atoms with E-state index in [-0.39, 0.29) is 18.5 Å². The molecule has 0 aliphatic carbocycles. The summed E-state index contributed by atoms with van der Waals surface area (Å²) in [6, 6.07) is 7.62. The first-order valence-electron chi connectivity index (χ1n) is 7.70. The van der Waals surface area contributed by atoms with Gasteiger partial charge in [0.05, 0.1) is 19.1 Å². The van der Waals surface area contributed by atoms with E-state index in [1.807, 2.05) is 24.3 Å². The molecule has 0 bridgehead atoms. The summed E-state index contributed by atoms with van der Waals surface area (Å²) >= 11 is 4.12. The molecule has 1 aromatic carbocycles. The lowest BCUT2D eigenvalue weighted by molar-refractivity contribution is -0.142. The molecule has 0 amide bonds. The maximum absolute atomic E-state index is 11.7. The Morgan fingerprint density at radius 3 is 2.59 bits per heavy atom. The second-order valence-corrected chi connectivity index (χ2v) is 5.77. The highest BCUT2D eigenvalue weighted by atomic mass is 32.1. The van der Waals surface area contributed by atoms with Gasteiger partial charge in [-0.1, -0.05) is 38.1 Å². The first-order chi connectivity index (χ1) is 10.5. The van der Waals surface area contributed by atoms with Gasteiger partial charge in [0, 0.05) is 5.56 Å². The van der Waals surface area contributed by atoms with E-state index >= 15 is 0 Å². The number of hydrogen-bond acceptors (Lipinski definition) is 4. The van der Waals surface area contributed by atoms with Gasteiger partial charge in [-0.15, -0.1) is 0 Å². The fourth-order valence-corrected chi connectivity index (χ4v) is 2.45. The minimum atomic E-state index is -0.231. The molecule has 0 aromatic heterocycles. The highest BCUT2D eigenvalue weighted by molar-refractivity contribution is 7.83. The molecule has 0 saturated carbocycles. The van der Waals surface area contributed by atoms with Crippen LogP contribution in [0, 0.1) is 11.8 Å². The Morgan fingerprint density at radius 2 is 1.95 bits per heavy atom. The van der Waals surface area contributed by atoms with Crippen LogP contribution in [0.1, 0.15) is 33.3 Å². The van der Waals surface area contributed by atoms with Crippen LogP contribution in [0.5, 0.6) is 5.75 Å². The molecule has 0 radical (unpaired) electrons. The average Bonchev–Trinajstić information content (AvgIpc) is 2.48. The van der Waals surface area contributed by atoms with E-state index in [2.05, 4.69) is 39.5 Å². The Balaban J connectivity index is 2.78. The van der Waals surface area contributed by atoms with E-state index in [0.29, 0.717) is 18.4 Å². The quantitative estimate of drug-likeness (QED) is 0.573. The second-order valence-electron chi connectivity index (χ2n) is 5.47. The fourth-order valence-electron chi connectivity index (χ4n) is 2.18. The maximum atomic E-state index is 11.7. The van der Waals surface area contributed by atoms with E-state index in [0.717, 1.165) is 11.3 Å². The minimum absolute atomic E-state index is 0.0304. The number of rotatable bonds is 8. The zero-order valence-electron chi connectivity index (χ0n) is 13.8. The molecule has 3 atom stereocenters. The van der Waals surface area contributed by atoms with Crippen LogP contribution in [0.2, 0.25) is 0 Å². The van der Waals surface area contributed by atoms with Gasteiger partial charge in [0.25, 0.3) is 0 Å². The number of hydrogen-bond donors (Lipinski definition) is 1. The normalized spacial score (nSPS) is 15.3. The van der Waals surface area contributed by atoms with Crippen molar-refractivity contribution in [2.75, 3.05) is 6.61 Å². The van der Waals surface area contributed by atoms with Gasteiger partial charge in [0.15, 0.2) is 0 Å². The van der Waals surface area contributed by atoms with Crippen LogP contribution >= 0.6 is 12.6 Å². The Kier molecular flexibility index (Phi) is 8.10. The number of thiol groups is 1. The van der Waals surface area contributed by atoms with Gasteiger partial charge in [-0.25, -0.2) is 0 Å². The molecule has 0 fully saturated rings. The lowest BCUT2D eigenvalue weighted by Gasteiger charge is -2.26. The van der Waals surface area contributed by atoms with Crippen molar-refractivity contribution in [3.8, 4) is 5.75 Å². The molecule has 0 aliphatic heterocycles. The Bertz CT molecular complexity index is 499. The largest absolute Gasteiger partial charge is 0.490 e. The molecule has 3 nitrogen and oxygen atoms in total. The zero-order valence-corrected chi connectivity index (χ0v) is 14.7. The topological polar surface area (TPSA) is 35.5 Å². The third-order valence-electron chi connectivity index (χ3n) is 3.88. The van der Waals surface area contributed by atoms with E-state index in [9.17, 15) is 4.79 Å². The van der Waals surface area contributed by atoms with Crippen molar-refractivity contribution >= 4 is 18.6 Å². The van der Waals surface area contributed by atoms with Gasteiger partial charge in [0.2, 0.25) is 0 Å². The molecule has 0 saturated heterocycles. The average molecular weight is 322 g/mol. The van der Waals surface area contributed by atoms with Crippen LogP contribution < -0.4 is 4.74 Å². The Hall–Kier alpha value is -1.42. The number of esters is 1. The smallest absolute Gasteiger partial charge is 0.310 e. The summed E-state index contributed by atoms with van der Waals surface area (Å²) in [4.78, 5) is 11.7. The number of ether oxygens (including phenoxy) is 2. The predicted octanol–water partition coefficient (Wildman–Crippen LogP) is 4.28.